The number of nitrogens with zero attached hydrogens (tertiary/aromatic N) is 1. The van der Waals surface area contributed by atoms with E-state index in [2.05, 4.69) is 9.62 Å². The Hall–Kier alpha value is -2.90. The van der Waals surface area contributed by atoms with Crippen molar-refractivity contribution in [3.05, 3.63) is 58.2 Å². The summed E-state index contributed by atoms with van der Waals surface area (Å²) in [5, 5.41) is 20.4. The molecule has 1 aliphatic heterocycles. The smallest absolute Gasteiger partial charge is 0.341 e. The van der Waals surface area contributed by atoms with Crippen LogP contribution in [-0.4, -0.2) is 72.5 Å². The number of morpholine rings is 1. The molecule has 3 N–H and O–H groups in total. The van der Waals surface area contributed by atoms with Crippen molar-refractivity contribution in [2.24, 2.45) is 0 Å². The lowest BCUT2D eigenvalue weighted by molar-refractivity contribution is -0.115. The zero-order valence-corrected chi connectivity index (χ0v) is 27.0. The number of thiophene rings is 1. The number of aromatic hydroxyl groups is 2. The number of rotatable bonds is 9. The molecule has 0 radical (unpaired) electrons. The van der Waals surface area contributed by atoms with E-state index in [1.807, 2.05) is 13.8 Å². The van der Waals surface area contributed by atoms with E-state index in [4.69, 9.17) is 21.1 Å². The quantitative estimate of drug-likeness (QED) is 0.122. The number of ketones is 1. The van der Waals surface area contributed by atoms with Gasteiger partial charge in [0.1, 0.15) is 33.0 Å². The number of halogens is 3. The van der Waals surface area contributed by atoms with Crippen LogP contribution in [0.4, 0.5) is 14.5 Å². The summed E-state index contributed by atoms with van der Waals surface area (Å²) < 4.78 is 38.5. The number of nitrogens with one attached hydrogen (secondary N) is 1. The van der Waals surface area contributed by atoms with Gasteiger partial charge in [-0.1, -0.05) is 11.6 Å². The van der Waals surface area contributed by atoms with Gasteiger partial charge in [-0.2, -0.15) is 0 Å². The lowest BCUT2D eigenvalue weighted by Crippen LogP contribution is -2.45. The fraction of sp³-hybridized carbons (Fsp3) is 0.400. The molecule has 1 fully saturated rings. The Morgan fingerprint density at radius 3 is 2.35 bits per heavy atom. The molecule has 0 bridgehead atoms. The maximum absolute atomic E-state index is 13.6. The van der Waals surface area contributed by atoms with E-state index in [9.17, 15) is 28.6 Å². The van der Waals surface area contributed by atoms with E-state index in [0.29, 0.717) is 34.7 Å². The molecular formula is C30H37ClF2N2O6S2. The monoisotopic (exact) mass is 658 g/mol. The van der Waals surface area contributed by atoms with Gasteiger partial charge >= 0.3 is 5.97 Å². The van der Waals surface area contributed by atoms with Crippen molar-refractivity contribution in [1.82, 2.24) is 4.90 Å². The Bertz CT molecular complexity index is 1350. The first-order valence-electron chi connectivity index (χ1n) is 13.4. The Labute approximate surface area is 264 Å². The van der Waals surface area contributed by atoms with E-state index in [0.717, 1.165) is 23.8 Å². The van der Waals surface area contributed by atoms with Crippen LogP contribution in [0.15, 0.2) is 46.7 Å². The van der Waals surface area contributed by atoms with Crippen molar-refractivity contribution in [2.45, 2.75) is 50.5 Å². The summed E-state index contributed by atoms with van der Waals surface area (Å²) in [5.41, 5.74) is 1.48. The normalized spacial score (nSPS) is 16.3. The van der Waals surface area contributed by atoms with Crippen LogP contribution in [0.3, 0.4) is 0 Å². The number of phenols is 2. The first kappa shape index (κ1) is 36.3. The van der Waals surface area contributed by atoms with Gasteiger partial charge in [0, 0.05) is 42.5 Å². The third-order valence-corrected chi connectivity index (χ3v) is 8.06. The van der Waals surface area contributed by atoms with Gasteiger partial charge in [-0.05, 0) is 82.5 Å². The van der Waals surface area contributed by atoms with Gasteiger partial charge in [-0.15, -0.1) is 11.3 Å². The molecule has 0 amide bonds. The van der Waals surface area contributed by atoms with Gasteiger partial charge in [0.05, 0.1) is 30.2 Å². The van der Waals surface area contributed by atoms with Crippen LogP contribution in [0.2, 0.25) is 4.34 Å². The number of hydrogen-bond acceptors (Lipinski definition) is 10. The van der Waals surface area contributed by atoms with Crippen LogP contribution in [0.5, 0.6) is 11.5 Å². The third kappa shape index (κ3) is 12.0. The van der Waals surface area contributed by atoms with Crippen molar-refractivity contribution in [3.8, 4) is 22.6 Å². The van der Waals surface area contributed by atoms with Crippen LogP contribution in [0, 0.1) is 5.82 Å². The summed E-state index contributed by atoms with van der Waals surface area (Å²) in [7, 11) is 0.500. The minimum atomic E-state index is -0.579. The summed E-state index contributed by atoms with van der Waals surface area (Å²) >= 11 is 8.82. The zero-order valence-electron chi connectivity index (χ0n) is 24.7. The molecule has 0 saturated carbocycles. The number of alkyl halides is 1. The number of esters is 1. The van der Waals surface area contributed by atoms with Gasteiger partial charge in [0.25, 0.3) is 0 Å². The topological polar surface area (TPSA) is 108 Å². The molecule has 1 aliphatic rings. The number of carbonyl (C=O) groups is 2. The van der Waals surface area contributed by atoms with Crippen molar-refractivity contribution in [1.29, 1.82) is 0 Å². The largest absolute Gasteiger partial charge is 0.507 e. The number of Topliss-reactive ketones (excluding diaryl/α,β-unsaturated/α-hetero) is 1. The highest BCUT2D eigenvalue weighted by Gasteiger charge is 2.22. The molecule has 2 atom stereocenters. The molecule has 0 spiro atoms. The van der Waals surface area contributed by atoms with Crippen molar-refractivity contribution >= 4 is 52.3 Å². The molecule has 236 valence electrons. The Kier molecular flexibility index (Phi) is 15.2. The second kappa shape index (κ2) is 18.0. The lowest BCUT2D eigenvalue weighted by atomic mass is 10.1. The van der Waals surface area contributed by atoms with E-state index in [-0.39, 0.29) is 41.7 Å². The van der Waals surface area contributed by atoms with Gasteiger partial charge in [-0.3, -0.25) is 9.29 Å². The summed E-state index contributed by atoms with van der Waals surface area (Å²) in [4.78, 5) is 24.2. The van der Waals surface area contributed by atoms with E-state index in [1.54, 1.807) is 12.1 Å². The van der Waals surface area contributed by atoms with E-state index in [1.165, 1.54) is 67.5 Å². The first-order valence-corrected chi connectivity index (χ1v) is 15.4. The van der Waals surface area contributed by atoms with E-state index >= 15 is 0 Å². The number of carbonyl (C=O) groups excluding carboxylic acids is 2. The summed E-state index contributed by atoms with van der Waals surface area (Å²) in [6, 6.07) is 10.0. The summed E-state index contributed by atoms with van der Waals surface area (Å²) in [6.45, 7) is 9.94. The highest BCUT2D eigenvalue weighted by atomic mass is 35.5. The molecule has 43 heavy (non-hydrogen) atoms. The summed E-state index contributed by atoms with van der Waals surface area (Å²) in [5.74, 6) is -1.15. The van der Waals surface area contributed by atoms with Crippen LogP contribution >= 0.6 is 34.9 Å². The Morgan fingerprint density at radius 2 is 1.72 bits per heavy atom. The van der Waals surface area contributed by atoms with Gasteiger partial charge in [0.15, 0.2) is 0 Å². The van der Waals surface area contributed by atoms with Gasteiger partial charge in [0.2, 0.25) is 0 Å². The fourth-order valence-electron chi connectivity index (χ4n) is 4.18. The molecule has 1 aromatic heterocycles. The maximum atomic E-state index is 13.6. The molecule has 4 rings (SSSR count). The predicted molar refractivity (Wildman–Crippen MR) is 169 cm³/mol. The fourth-order valence-corrected chi connectivity index (χ4v) is 6.42. The zero-order chi connectivity index (χ0) is 32.1. The number of benzene rings is 2. The highest BCUT2D eigenvalue weighted by molar-refractivity contribution is 8.02. The average Bonchev–Trinajstić information content (AvgIpc) is 3.31. The Morgan fingerprint density at radius 1 is 1.07 bits per heavy atom. The minimum Gasteiger partial charge on any atom is -0.507 e. The first-order chi connectivity index (χ1) is 20.4. The van der Waals surface area contributed by atoms with Crippen molar-refractivity contribution < 1.29 is 38.1 Å². The van der Waals surface area contributed by atoms with E-state index < -0.39 is 11.8 Å². The Balaban J connectivity index is 0.000000993. The number of hydrogen-bond donors (Lipinski definition) is 3. The molecule has 0 aliphatic carbocycles. The second-order valence-electron chi connectivity index (χ2n) is 9.76. The molecule has 8 nitrogen and oxygen atoms in total. The maximum Gasteiger partial charge on any atom is 0.341 e. The molecule has 2 unspecified atom stereocenters. The van der Waals surface area contributed by atoms with Crippen LogP contribution in [0.1, 0.15) is 44.5 Å². The molecule has 1 saturated heterocycles. The highest BCUT2D eigenvalue weighted by Crippen LogP contribution is 2.43. The number of ether oxygens (including phenoxy) is 2. The number of phenolic OH excluding ortho intramolecular Hbond substituents is 2. The van der Waals surface area contributed by atoms with Gasteiger partial charge < -0.3 is 29.2 Å². The molecule has 2 aromatic carbocycles. The van der Waals surface area contributed by atoms with Crippen LogP contribution in [-0.2, 0) is 14.3 Å². The lowest BCUT2D eigenvalue weighted by Gasteiger charge is -2.35. The van der Waals surface area contributed by atoms with Gasteiger partial charge in [-0.25, -0.2) is 9.18 Å². The second-order valence-corrected chi connectivity index (χ2v) is 12.5. The third-order valence-electron chi connectivity index (χ3n) is 5.75. The number of anilines is 1. The average molecular weight is 659 g/mol. The predicted octanol–water partition coefficient (Wildman–Crippen LogP) is 7.58. The molecule has 13 heteroatoms. The molecule has 3 aromatic rings. The molecular weight excluding hydrogens is 622 g/mol. The van der Waals surface area contributed by atoms with Crippen molar-refractivity contribution in [3.63, 3.8) is 0 Å². The standard InChI is InChI=1S/C26H28ClFN2O5S2.C3H6O.CH3F/c1-15-13-30(14-16(2)35-15)8-3-9-34-26(33)19-6-5-18(11-23(19)32)29-37-24-12-21(25(27)36-24)20-10-17(28)4-7-22(20)31;1-3(2)4;1-2/h4-7,10-12,15-16,29,31-32H,3,8-9,13-14H2,1-2H3;1-2H3;1H3. The van der Waals surface area contributed by atoms with Crippen molar-refractivity contribution in [2.75, 3.05) is 38.1 Å². The summed E-state index contributed by atoms with van der Waals surface area (Å²) in [6.07, 6.45) is 1.07. The SMILES string of the molecule is CC(C)=O.CC1CN(CCCOC(=O)c2ccc(NSc3cc(-c4cc(F)ccc4O)c(Cl)s3)cc2O)CC(C)O1.CF. The minimum absolute atomic E-state index is 0.0664. The molecule has 2 heterocycles. The van der Waals surface area contributed by atoms with Crippen LogP contribution < -0.4 is 4.72 Å². The van der Waals surface area contributed by atoms with Crippen LogP contribution in [0.25, 0.3) is 11.1 Å².